The van der Waals surface area contributed by atoms with Crippen LogP contribution in [0.2, 0.25) is 0 Å². The van der Waals surface area contributed by atoms with E-state index in [-0.39, 0.29) is 22.6 Å². The van der Waals surface area contributed by atoms with Gasteiger partial charge in [0.25, 0.3) is 5.78 Å². The average molecular weight is 524 g/mol. The quantitative estimate of drug-likeness (QED) is 0.292. The van der Waals surface area contributed by atoms with Crippen LogP contribution in [0.15, 0.2) is 35.9 Å². The molecule has 0 spiro atoms. The fourth-order valence-electron chi connectivity index (χ4n) is 4.71. The van der Waals surface area contributed by atoms with E-state index in [9.17, 15) is 14.7 Å². The molecule has 2 aliphatic heterocycles. The van der Waals surface area contributed by atoms with Crippen molar-refractivity contribution >= 4 is 33.9 Å². The molecule has 1 N–H and O–H groups in total. The number of aliphatic hydroxyl groups excluding tert-OH is 1. The number of rotatable bonds is 6. The number of benzene rings is 2. The van der Waals surface area contributed by atoms with Gasteiger partial charge in [-0.2, -0.15) is 0 Å². The zero-order valence-electron chi connectivity index (χ0n) is 20.9. The summed E-state index contributed by atoms with van der Waals surface area (Å²) in [5.41, 5.74) is 1.69. The topological polar surface area (TPSA) is 120 Å². The van der Waals surface area contributed by atoms with Crippen molar-refractivity contribution in [3.05, 3.63) is 57.6 Å². The first-order chi connectivity index (χ1) is 17.8. The number of anilines is 1. The molecule has 3 aromatic rings. The summed E-state index contributed by atoms with van der Waals surface area (Å²) in [4.78, 5) is 28.1. The Morgan fingerprint density at radius 3 is 2.38 bits per heavy atom. The van der Waals surface area contributed by atoms with Crippen LogP contribution in [0.1, 0.15) is 34.7 Å². The minimum absolute atomic E-state index is 0.0119. The number of fused-ring (bicyclic) bond motifs is 1. The van der Waals surface area contributed by atoms with Crippen LogP contribution in [0.25, 0.3) is 5.76 Å². The number of aromatic nitrogens is 2. The highest BCUT2D eigenvalue weighted by atomic mass is 32.1. The Kier molecular flexibility index (Phi) is 6.24. The summed E-state index contributed by atoms with van der Waals surface area (Å²) in [5.74, 6) is -0.216. The highest BCUT2D eigenvalue weighted by Crippen LogP contribution is 2.47. The minimum atomic E-state index is -1.02. The molecule has 11 heteroatoms. The predicted octanol–water partition coefficient (Wildman–Crippen LogP) is 3.82. The fraction of sp³-hybridized carbons (Fsp3) is 0.308. The van der Waals surface area contributed by atoms with Crippen molar-refractivity contribution in [1.29, 1.82) is 0 Å². The van der Waals surface area contributed by atoms with E-state index in [0.29, 0.717) is 39.8 Å². The largest absolute Gasteiger partial charge is 0.507 e. The molecular weight excluding hydrogens is 498 g/mol. The third-order valence-corrected chi connectivity index (χ3v) is 7.18. The normalized spacial score (nSPS) is 20.1. The molecule has 0 bridgehead atoms. The van der Waals surface area contributed by atoms with Gasteiger partial charge in [-0.1, -0.05) is 11.3 Å². The maximum atomic E-state index is 13.4. The van der Waals surface area contributed by atoms with Crippen molar-refractivity contribution in [2.75, 3.05) is 26.2 Å². The van der Waals surface area contributed by atoms with E-state index in [1.165, 1.54) is 37.6 Å². The lowest BCUT2D eigenvalue weighted by Gasteiger charge is -2.24. The number of hydrogen-bond donors (Lipinski definition) is 1. The van der Waals surface area contributed by atoms with Gasteiger partial charge in [0.1, 0.15) is 22.6 Å². The lowest BCUT2D eigenvalue weighted by Crippen LogP contribution is -2.29. The van der Waals surface area contributed by atoms with Crippen LogP contribution in [0.4, 0.5) is 5.13 Å². The summed E-state index contributed by atoms with van der Waals surface area (Å²) in [6, 6.07) is 7.47. The molecule has 1 saturated heterocycles. The zero-order valence-corrected chi connectivity index (χ0v) is 21.7. The van der Waals surface area contributed by atoms with Gasteiger partial charge in [0, 0.05) is 12.0 Å². The number of aryl methyl sites for hydroxylation is 1. The number of amides is 1. The van der Waals surface area contributed by atoms with E-state index in [4.69, 9.17) is 18.9 Å². The predicted molar refractivity (Wildman–Crippen MR) is 136 cm³/mol. The molecule has 0 radical (unpaired) electrons. The second-order valence-corrected chi connectivity index (χ2v) is 9.85. The Hall–Kier alpha value is -4.12. The van der Waals surface area contributed by atoms with Gasteiger partial charge in [0.15, 0.2) is 11.5 Å². The Bertz CT molecular complexity index is 1420. The van der Waals surface area contributed by atoms with Crippen molar-refractivity contribution in [2.24, 2.45) is 0 Å². The van der Waals surface area contributed by atoms with E-state index in [2.05, 4.69) is 10.2 Å². The maximum Gasteiger partial charge on any atom is 0.301 e. The van der Waals surface area contributed by atoms with Crippen molar-refractivity contribution in [3.63, 3.8) is 0 Å². The molecule has 2 aromatic carbocycles. The number of methoxy groups -OCH3 is 3. The molecule has 2 aliphatic rings. The Morgan fingerprint density at radius 1 is 1.08 bits per heavy atom. The minimum Gasteiger partial charge on any atom is -0.507 e. The molecular formula is C26H25N3O7S. The highest BCUT2D eigenvalue weighted by molar-refractivity contribution is 7.15. The summed E-state index contributed by atoms with van der Waals surface area (Å²) in [6.45, 7) is 3.71. The summed E-state index contributed by atoms with van der Waals surface area (Å²) in [6.07, 6.45) is 0.684. The summed E-state index contributed by atoms with van der Waals surface area (Å²) >= 11 is 1.17. The van der Waals surface area contributed by atoms with E-state index in [1.54, 1.807) is 37.3 Å². The number of ketones is 1. The van der Waals surface area contributed by atoms with Crippen LogP contribution in [0.5, 0.6) is 23.0 Å². The fourth-order valence-corrected chi connectivity index (χ4v) is 5.43. The SMILES string of the molecule is COc1cc(C2C(=C(O)c3ccc4c(c3)CC(C)O4)C(=O)C(=O)N2c2nnc(C)s2)cc(OC)c1OC. The van der Waals surface area contributed by atoms with E-state index < -0.39 is 17.7 Å². The molecule has 1 amide bonds. The molecule has 2 unspecified atom stereocenters. The molecule has 1 aromatic heterocycles. The summed E-state index contributed by atoms with van der Waals surface area (Å²) in [7, 11) is 4.42. The lowest BCUT2D eigenvalue weighted by molar-refractivity contribution is -0.132. The van der Waals surface area contributed by atoms with E-state index in [0.717, 1.165) is 11.3 Å². The monoisotopic (exact) mass is 523 g/mol. The lowest BCUT2D eigenvalue weighted by atomic mass is 9.94. The molecule has 10 nitrogen and oxygen atoms in total. The van der Waals surface area contributed by atoms with Crippen LogP contribution in [0.3, 0.4) is 0 Å². The molecule has 37 heavy (non-hydrogen) atoms. The highest BCUT2D eigenvalue weighted by Gasteiger charge is 2.49. The Labute approximate surface area is 217 Å². The van der Waals surface area contributed by atoms with Gasteiger partial charge < -0.3 is 24.1 Å². The van der Waals surface area contributed by atoms with Crippen LogP contribution < -0.4 is 23.8 Å². The number of Topliss-reactive ketones (excluding diaryl/α,β-unsaturated/α-hetero) is 1. The van der Waals surface area contributed by atoms with Crippen molar-refractivity contribution in [2.45, 2.75) is 32.4 Å². The first-order valence-corrected chi connectivity index (χ1v) is 12.3. The first-order valence-electron chi connectivity index (χ1n) is 11.5. The summed E-state index contributed by atoms with van der Waals surface area (Å²) in [5, 5.41) is 20.5. The van der Waals surface area contributed by atoms with Gasteiger partial charge in [-0.05, 0) is 55.3 Å². The number of aliphatic hydroxyl groups is 1. The van der Waals surface area contributed by atoms with Gasteiger partial charge in [0.05, 0.1) is 32.9 Å². The molecule has 5 rings (SSSR count). The van der Waals surface area contributed by atoms with Crippen LogP contribution in [-0.4, -0.2) is 54.4 Å². The molecule has 0 saturated carbocycles. The molecule has 192 valence electrons. The number of ether oxygens (including phenoxy) is 4. The Morgan fingerprint density at radius 2 is 1.78 bits per heavy atom. The first kappa shape index (κ1) is 24.6. The third-order valence-electron chi connectivity index (χ3n) is 6.34. The smallest absolute Gasteiger partial charge is 0.301 e. The van der Waals surface area contributed by atoms with Crippen LogP contribution in [-0.2, 0) is 16.0 Å². The maximum absolute atomic E-state index is 13.4. The molecule has 3 heterocycles. The summed E-state index contributed by atoms with van der Waals surface area (Å²) < 4.78 is 22.2. The standard InChI is InChI=1S/C26H25N3O7S/c1-12-8-15-9-14(6-7-17(15)36-12)22(30)20-21(16-10-18(33-3)24(35-5)19(11-16)34-4)29(25(32)23(20)31)26-28-27-13(2)37-26/h6-7,9-12,21,30H,8H2,1-5H3. The van der Waals surface area contributed by atoms with Crippen LogP contribution >= 0.6 is 11.3 Å². The molecule has 2 atom stereocenters. The second-order valence-electron chi connectivity index (χ2n) is 8.69. The van der Waals surface area contributed by atoms with Crippen molar-refractivity contribution < 1.29 is 33.6 Å². The van der Waals surface area contributed by atoms with E-state index in [1.807, 2.05) is 6.92 Å². The van der Waals surface area contributed by atoms with Gasteiger partial charge in [0.2, 0.25) is 10.9 Å². The second kappa shape index (κ2) is 9.40. The van der Waals surface area contributed by atoms with Crippen molar-refractivity contribution in [3.8, 4) is 23.0 Å². The van der Waals surface area contributed by atoms with Crippen molar-refractivity contribution in [1.82, 2.24) is 10.2 Å². The number of carbonyl (C=O) groups is 2. The number of carbonyl (C=O) groups excluding carboxylic acids is 2. The van der Waals surface area contributed by atoms with Gasteiger partial charge >= 0.3 is 5.91 Å². The number of hydrogen-bond acceptors (Lipinski definition) is 10. The van der Waals surface area contributed by atoms with Gasteiger partial charge in [-0.15, -0.1) is 10.2 Å². The Balaban J connectivity index is 1.74. The average Bonchev–Trinajstić information content (AvgIpc) is 3.56. The van der Waals surface area contributed by atoms with Crippen LogP contribution in [0, 0.1) is 6.92 Å². The number of nitrogens with zero attached hydrogens (tertiary/aromatic N) is 3. The van der Waals surface area contributed by atoms with Gasteiger partial charge in [-0.25, -0.2) is 0 Å². The third kappa shape index (κ3) is 4.05. The zero-order chi connectivity index (χ0) is 26.4. The van der Waals surface area contributed by atoms with E-state index >= 15 is 0 Å². The molecule has 1 fully saturated rings. The van der Waals surface area contributed by atoms with Gasteiger partial charge in [-0.3, -0.25) is 14.5 Å². The molecule has 0 aliphatic carbocycles.